The van der Waals surface area contributed by atoms with Gasteiger partial charge in [0.05, 0.1) is 5.92 Å². The minimum absolute atomic E-state index is 0.0224. The lowest BCUT2D eigenvalue weighted by atomic mass is 9.88. The molecule has 1 aliphatic heterocycles. The molecule has 4 rings (SSSR count). The number of halogens is 2. The molecule has 1 amide bonds. The van der Waals surface area contributed by atoms with Crippen LogP contribution in [0.15, 0.2) is 78.9 Å². The van der Waals surface area contributed by atoms with E-state index in [-0.39, 0.29) is 30.2 Å². The summed E-state index contributed by atoms with van der Waals surface area (Å²) >= 11 is 6.19. The predicted molar refractivity (Wildman–Crippen MR) is 122 cm³/mol. The maximum atomic E-state index is 13.9. The van der Waals surface area contributed by atoms with Crippen LogP contribution in [-0.2, 0) is 17.9 Å². The van der Waals surface area contributed by atoms with E-state index in [9.17, 15) is 9.18 Å². The van der Waals surface area contributed by atoms with Gasteiger partial charge >= 0.3 is 0 Å². The number of piperidine rings is 1. The van der Waals surface area contributed by atoms with E-state index in [1.165, 1.54) is 11.6 Å². The Labute approximate surface area is 187 Å². The summed E-state index contributed by atoms with van der Waals surface area (Å²) in [5.74, 6) is -0.449. The average molecular weight is 437 g/mol. The summed E-state index contributed by atoms with van der Waals surface area (Å²) in [6.07, 6.45) is 1.69. The van der Waals surface area contributed by atoms with Crippen LogP contribution in [0.25, 0.3) is 0 Å². The molecule has 0 aliphatic carbocycles. The first kappa shape index (κ1) is 21.5. The van der Waals surface area contributed by atoms with E-state index in [1.54, 1.807) is 18.2 Å². The third-order valence-electron chi connectivity index (χ3n) is 5.92. The second kappa shape index (κ2) is 10.1. The summed E-state index contributed by atoms with van der Waals surface area (Å²) in [5, 5.41) is 3.64. The highest BCUT2D eigenvalue weighted by atomic mass is 35.5. The van der Waals surface area contributed by atoms with Gasteiger partial charge in [0.1, 0.15) is 5.82 Å². The maximum absolute atomic E-state index is 13.9. The van der Waals surface area contributed by atoms with Crippen LogP contribution in [0.2, 0.25) is 5.02 Å². The molecule has 2 atom stereocenters. The molecule has 0 bridgehead atoms. The van der Waals surface area contributed by atoms with Gasteiger partial charge in [-0.1, -0.05) is 72.3 Å². The third-order valence-corrected chi connectivity index (χ3v) is 6.16. The topological polar surface area (TPSA) is 32.3 Å². The molecule has 5 heteroatoms. The van der Waals surface area contributed by atoms with Gasteiger partial charge in [0.2, 0.25) is 5.91 Å². The van der Waals surface area contributed by atoms with Crippen molar-refractivity contribution < 1.29 is 9.18 Å². The number of rotatable bonds is 6. The fraction of sp³-hybridized carbons (Fsp3) is 0.269. The van der Waals surface area contributed by atoms with Crippen molar-refractivity contribution in [1.29, 1.82) is 0 Å². The van der Waals surface area contributed by atoms with Crippen LogP contribution in [-0.4, -0.2) is 17.4 Å². The number of carbonyl (C=O) groups is 1. The van der Waals surface area contributed by atoms with Gasteiger partial charge in [0, 0.05) is 36.3 Å². The van der Waals surface area contributed by atoms with E-state index in [0.29, 0.717) is 17.1 Å². The van der Waals surface area contributed by atoms with Crippen LogP contribution in [0.4, 0.5) is 4.39 Å². The molecule has 1 N–H and O–H groups in total. The highest BCUT2D eigenvalue weighted by Gasteiger charge is 2.32. The number of hydrogen-bond donors (Lipinski definition) is 1. The highest BCUT2D eigenvalue weighted by molar-refractivity contribution is 6.30. The molecule has 0 spiro atoms. The van der Waals surface area contributed by atoms with E-state index in [0.717, 1.165) is 24.9 Å². The van der Waals surface area contributed by atoms with Crippen LogP contribution in [0, 0.1) is 11.7 Å². The lowest BCUT2D eigenvalue weighted by Gasteiger charge is -2.39. The van der Waals surface area contributed by atoms with Crippen LogP contribution in [0.5, 0.6) is 0 Å². The van der Waals surface area contributed by atoms with Crippen molar-refractivity contribution in [3.05, 3.63) is 106 Å². The van der Waals surface area contributed by atoms with E-state index in [2.05, 4.69) is 40.5 Å². The van der Waals surface area contributed by atoms with Crippen molar-refractivity contribution >= 4 is 17.5 Å². The standard InChI is InChI=1S/C26H26ClFN2O/c27-23-11-6-7-19(15-23)17-30-18-22(13-14-25(30)20-8-2-1-3-9-20)26(31)29-16-21-10-4-5-12-24(21)28/h1-12,15,22,25H,13-14,16-18H2,(H,29,31)/t22-,25-/m0/s1. The molecule has 3 nitrogen and oxygen atoms in total. The molecule has 1 fully saturated rings. The summed E-state index contributed by atoms with van der Waals surface area (Å²) in [4.78, 5) is 15.3. The molecular weight excluding hydrogens is 411 g/mol. The second-order valence-corrected chi connectivity index (χ2v) is 8.51. The van der Waals surface area contributed by atoms with Crippen LogP contribution in [0.1, 0.15) is 35.6 Å². The number of amides is 1. The lowest BCUT2D eigenvalue weighted by Crippen LogP contribution is -2.44. The highest BCUT2D eigenvalue weighted by Crippen LogP contribution is 2.35. The summed E-state index contributed by atoms with van der Waals surface area (Å²) < 4.78 is 13.9. The number of nitrogens with zero attached hydrogens (tertiary/aromatic N) is 1. The molecule has 1 aliphatic rings. The summed E-state index contributed by atoms with van der Waals surface area (Å²) in [5.41, 5.74) is 2.89. The average Bonchev–Trinajstić information content (AvgIpc) is 2.79. The van der Waals surface area contributed by atoms with Crippen LogP contribution in [0.3, 0.4) is 0 Å². The summed E-state index contributed by atoms with van der Waals surface area (Å²) in [6, 6.07) is 25.1. The molecule has 0 radical (unpaired) electrons. The Morgan fingerprint density at radius 3 is 2.55 bits per heavy atom. The Morgan fingerprint density at radius 1 is 1.00 bits per heavy atom. The fourth-order valence-corrected chi connectivity index (χ4v) is 4.54. The van der Waals surface area contributed by atoms with Crippen LogP contribution < -0.4 is 5.32 Å². The van der Waals surface area contributed by atoms with Crippen molar-refractivity contribution in [3.8, 4) is 0 Å². The first-order valence-corrected chi connectivity index (χ1v) is 11.0. The Kier molecular flexibility index (Phi) is 7.00. The number of carbonyl (C=O) groups excluding carboxylic acids is 1. The zero-order valence-corrected chi connectivity index (χ0v) is 18.1. The number of benzene rings is 3. The zero-order valence-electron chi connectivity index (χ0n) is 17.3. The summed E-state index contributed by atoms with van der Waals surface area (Å²) in [6.45, 7) is 1.57. The Balaban J connectivity index is 1.47. The monoisotopic (exact) mass is 436 g/mol. The Bertz CT molecular complexity index is 1030. The molecule has 1 heterocycles. The zero-order chi connectivity index (χ0) is 21.6. The summed E-state index contributed by atoms with van der Waals surface area (Å²) in [7, 11) is 0. The van der Waals surface area contributed by atoms with Crippen LogP contribution >= 0.6 is 11.6 Å². The Hall–Kier alpha value is -2.69. The van der Waals surface area contributed by atoms with Crippen molar-refractivity contribution in [2.45, 2.75) is 32.0 Å². The molecule has 0 aromatic heterocycles. The molecule has 3 aromatic carbocycles. The van der Waals surface area contributed by atoms with Gasteiger partial charge in [0.15, 0.2) is 0 Å². The molecule has 160 valence electrons. The fourth-order valence-electron chi connectivity index (χ4n) is 4.32. The molecular formula is C26H26ClFN2O. The van der Waals surface area contributed by atoms with Gasteiger partial charge in [0.25, 0.3) is 0 Å². The lowest BCUT2D eigenvalue weighted by molar-refractivity contribution is -0.127. The van der Waals surface area contributed by atoms with Crippen molar-refractivity contribution in [1.82, 2.24) is 10.2 Å². The van der Waals surface area contributed by atoms with Gasteiger partial charge in [-0.15, -0.1) is 0 Å². The maximum Gasteiger partial charge on any atom is 0.224 e. The molecule has 31 heavy (non-hydrogen) atoms. The SMILES string of the molecule is O=C(NCc1ccccc1F)[C@H]1CC[C@@H](c2ccccc2)N(Cc2cccc(Cl)c2)C1. The Morgan fingerprint density at radius 2 is 1.77 bits per heavy atom. The smallest absolute Gasteiger partial charge is 0.224 e. The van der Waals surface area contributed by atoms with Gasteiger partial charge < -0.3 is 5.32 Å². The van der Waals surface area contributed by atoms with Gasteiger partial charge in [-0.05, 0) is 42.2 Å². The molecule has 0 saturated carbocycles. The second-order valence-electron chi connectivity index (χ2n) is 8.07. The van der Waals surface area contributed by atoms with Crippen molar-refractivity contribution in [2.24, 2.45) is 5.92 Å². The molecule has 0 unspecified atom stereocenters. The third kappa shape index (κ3) is 5.52. The van der Waals surface area contributed by atoms with Gasteiger partial charge in [-0.25, -0.2) is 4.39 Å². The quantitative estimate of drug-likeness (QED) is 0.533. The normalized spacial score (nSPS) is 19.2. The number of nitrogens with one attached hydrogen (secondary N) is 1. The van der Waals surface area contributed by atoms with Gasteiger partial charge in [-0.2, -0.15) is 0 Å². The number of likely N-dealkylation sites (tertiary alicyclic amines) is 1. The first-order chi connectivity index (χ1) is 15.1. The van der Waals surface area contributed by atoms with E-state index in [1.807, 2.05) is 24.3 Å². The molecule has 1 saturated heterocycles. The minimum atomic E-state index is -0.293. The van der Waals surface area contributed by atoms with E-state index >= 15 is 0 Å². The number of hydrogen-bond acceptors (Lipinski definition) is 2. The van der Waals surface area contributed by atoms with Crippen molar-refractivity contribution in [2.75, 3.05) is 6.54 Å². The van der Waals surface area contributed by atoms with E-state index < -0.39 is 0 Å². The molecule has 3 aromatic rings. The van der Waals surface area contributed by atoms with Crippen molar-refractivity contribution in [3.63, 3.8) is 0 Å². The largest absolute Gasteiger partial charge is 0.352 e. The van der Waals surface area contributed by atoms with Gasteiger partial charge in [-0.3, -0.25) is 9.69 Å². The minimum Gasteiger partial charge on any atom is -0.352 e. The first-order valence-electron chi connectivity index (χ1n) is 10.6. The predicted octanol–water partition coefficient (Wildman–Crippen LogP) is 5.75. The van der Waals surface area contributed by atoms with E-state index in [4.69, 9.17) is 11.6 Å².